The molecule has 4 aromatic rings. The van der Waals surface area contributed by atoms with Crippen molar-refractivity contribution in [2.24, 2.45) is 0 Å². The zero-order valence-electron chi connectivity index (χ0n) is 15.6. The van der Waals surface area contributed by atoms with Crippen LogP contribution in [0.4, 0.5) is 13.2 Å². The van der Waals surface area contributed by atoms with Gasteiger partial charge in [0.05, 0.1) is 23.5 Å². The molecule has 30 heavy (non-hydrogen) atoms. The first-order chi connectivity index (χ1) is 14.2. The molecule has 1 unspecified atom stereocenters. The van der Waals surface area contributed by atoms with Crippen molar-refractivity contribution in [3.05, 3.63) is 82.8 Å². The average Bonchev–Trinajstić information content (AvgIpc) is 3.33. The summed E-state index contributed by atoms with van der Waals surface area (Å²) in [4.78, 5) is 12.7. The predicted octanol–water partition coefficient (Wildman–Crippen LogP) is 5.78. The minimum Gasteiger partial charge on any atom is -0.459 e. The molecule has 4 rings (SSSR count). The topological polar surface area (TPSA) is 60.1 Å². The Bertz CT molecular complexity index is 1180. The molecule has 0 fully saturated rings. The summed E-state index contributed by atoms with van der Waals surface area (Å²) in [6, 6.07) is 14.0. The van der Waals surface area contributed by atoms with Crippen LogP contribution in [-0.2, 0) is 6.18 Å². The van der Waals surface area contributed by atoms with Crippen molar-refractivity contribution in [3.63, 3.8) is 0 Å². The number of hydrogen-bond acceptors (Lipinski definition) is 3. The molecule has 2 aromatic carbocycles. The second-order valence-electron chi connectivity index (χ2n) is 6.67. The summed E-state index contributed by atoms with van der Waals surface area (Å²) in [5.74, 6) is -0.473. The molecule has 2 aromatic heterocycles. The largest absolute Gasteiger partial charge is 0.459 e. The summed E-state index contributed by atoms with van der Waals surface area (Å²) in [6.07, 6.45) is -3.90. The highest BCUT2D eigenvalue weighted by atomic mass is 35.5. The van der Waals surface area contributed by atoms with Crippen molar-refractivity contribution in [1.29, 1.82) is 0 Å². The van der Waals surface area contributed by atoms with Crippen LogP contribution in [0.5, 0.6) is 0 Å². The fourth-order valence-electron chi connectivity index (χ4n) is 3.13. The number of alkyl halides is 3. The zero-order valence-corrected chi connectivity index (χ0v) is 16.3. The van der Waals surface area contributed by atoms with Crippen molar-refractivity contribution in [2.45, 2.75) is 19.1 Å². The van der Waals surface area contributed by atoms with Gasteiger partial charge in [-0.3, -0.25) is 4.79 Å². The van der Waals surface area contributed by atoms with Gasteiger partial charge in [-0.2, -0.15) is 18.3 Å². The van der Waals surface area contributed by atoms with Crippen molar-refractivity contribution < 1.29 is 22.4 Å². The van der Waals surface area contributed by atoms with E-state index in [-0.39, 0.29) is 5.69 Å². The second-order valence-corrected chi connectivity index (χ2v) is 7.11. The molecule has 1 amide bonds. The first kappa shape index (κ1) is 20.0. The van der Waals surface area contributed by atoms with Crippen LogP contribution in [0, 0.1) is 0 Å². The third-order valence-electron chi connectivity index (χ3n) is 4.57. The van der Waals surface area contributed by atoms with E-state index in [2.05, 4.69) is 10.4 Å². The Balaban J connectivity index is 1.65. The molecule has 0 aliphatic carbocycles. The smallest absolute Gasteiger partial charge is 0.434 e. The Morgan fingerprint density at radius 2 is 1.87 bits per heavy atom. The van der Waals surface area contributed by atoms with Crippen LogP contribution >= 0.6 is 11.6 Å². The average molecular weight is 434 g/mol. The van der Waals surface area contributed by atoms with E-state index in [0.717, 1.165) is 11.6 Å². The van der Waals surface area contributed by atoms with Gasteiger partial charge in [0.2, 0.25) is 0 Å². The lowest BCUT2D eigenvalue weighted by Gasteiger charge is -2.14. The molecule has 0 bridgehead atoms. The quantitative estimate of drug-likeness (QED) is 0.443. The van der Waals surface area contributed by atoms with Gasteiger partial charge >= 0.3 is 6.18 Å². The summed E-state index contributed by atoms with van der Waals surface area (Å²) in [6.45, 7) is 1.63. The van der Waals surface area contributed by atoms with E-state index in [0.29, 0.717) is 21.0 Å². The van der Waals surface area contributed by atoms with Crippen LogP contribution in [0.15, 0.2) is 65.2 Å². The number of rotatable bonds is 4. The number of amides is 1. The van der Waals surface area contributed by atoms with Gasteiger partial charge in [0.15, 0.2) is 5.69 Å². The molecular weight excluding hydrogens is 419 g/mol. The maximum atomic E-state index is 13.8. The van der Waals surface area contributed by atoms with Crippen molar-refractivity contribution in [1.82, 2.24) is 15.1 Å². The number of aromatic nitrogens is 2. The Morgan fingerprint density at radius 3 is 2.53 bits per heavy atom. The zero-order chi connectivity index (χ0) is 21.5. The van der Waals surface area contributed by atoms with Crippen molar-refractivity contribution >= 4 is 28.5 Å². The molecule has 0 saturated carbocycles. The van der Waals surface area contributed by atoms with Crippen LogP contribution in [0.25, 0.3) is 16.7 Å². The molecule has 154 valence electrons. The number of halogens is 4. The molecule has 0 radical (unpaired) electrons. The third kappa shape index (κ3) is 3.78. The molecule has 9 heteroatoms. The molecule has 0 spiro atoms. The van der Waals surface area contributed by atoms with Gasteiger partial charge in [-0.1, -0.05) is 29.8 Å². The standard InChI is InChI=1S/C21H15ClF3N3O2/c1-12(18-10-13-4-2-3-5-17(13)30-18)27-20(29)16-11-26-28(19(16)21(23,24)25)15-8-6-14(22)7-9-15/h2-12H,1H3,(H,27,29). The number of nitrogens with zero attached hydrogens (tertiary/aromatic N) is 2. The molecule has 1 atom stereocenters. The number of hydrogen-bond donors (Lipinski definition) is 1. The normalized spacial score (nSPS) is 12.8. The number of nitrogens with one attached hydrogen (secondary N) is 1. The van der Waals surface area contributed by atoms with Crippen LogP contribution in [-0.4, -0.2) is 15.7 Å². The highest BCUT2D eigenvalue weighted by molar-refractivity contribution is 6.30. The monoisotopic (exact) mass is 433 g/mol. The van der Waals surface area contributed by atoms with E-state index in [1.165, 1.54) is 24.3 Å². The van der Waals surface area contributed by atoms with E-state index >= 15 is 0 Å². The lowest BCUT2D eigenvalue weighted by atomic mass is 10.1. The number of fused-ring (bicyclic) bond motifs is 1. The lowest BCUT2D eigenvalue weighted by Crippen LogP contribution is -2.28. The molecule has 0 aliphatic heterocycles. The number of para-hydroxylation sites is 1. The van der Waals surface area contributed by atoms with Crippen molar-refractivity contribution in [2.75, 3.05) is 0 Å². The SMILES string of the molecule is CC(NC(=O)c1cnn(-c2ccc(Cl)cc2)c1C(F)(F)F)c1cc2ccccc2o1. The minimum absolute atomic E-state index is 0.135. The number of benzene rings is 2. The van der Waals surface area contributed by atoms with Gasteiger partial charge in [-0.25, -0.2) is 4.68 Å². The molecule has 0 saturated heterocycles. The summed E-state index contributed by atoms with van der Waals surface area (Å²) >= 11 is 5.80. The highest BCUT2D eigenvalue weighted by Gasteiger charge is 2.40. The number of carbonyl (C=O) groups excluding carboxylic acids is 1. The van der Waals surface area contributed by atoms with Gasteiger partial charge in [0, 0.05) is 10.4 Å². The maximum Gasteiger partial charge on any atom is 0.434 e. The van der Waals surface area contributed by atoms with Gasteiger partial charge in [0.1, 0.15) is 11.3 Å². The first-order valence-electron chi connectivity index (χ1n) is 8.94. The Labute approximate surface area is 174 Å². The van der Waals surface area contributed by atoms with E-state index in [9.17, 15) is 18.0 Å². The summed E-state index contributed by atoms with van der Waals surface area (Å²) in [5.41, 5.74) is -0.990. The fourth-order valence-corrected chi connectivity index (χ4v) is 3.25. The van der Waals surface area contributed by atoms with Gasteiger partial charge in [-0.15, -0.1) is 0 Å². The summed E-state index contributed by atoms with van der Waals surface area (Å²) in [7, 11) is 0. The number of carbonyl (C=O) groups is 1. The van der Waals surface area contributed by atoms with Crippen LogP contribution in [0.1, 0.15) is 34.8 Å². The second kappa shape index (κ2) is 7.53. The van der Waals surface area contributed by atoms with Gasteiger partial charge in [0.25, 0.3) is 5.91 Å². The first-order valence-corrected chi connectivity index (χ1v) is 9.32. The molecule has 5 nitrogen and oxygen atoms in total. The third-order valence-corrected chi connectivity index (χ3v) is 4.82. The van der Waals surface area contributed by atoms with Crippen LogP contribution in [0.2, 0.25) is 5.02 Å². The Kier molecular flexibility index (Phi) is 5.03. The van der Waals surface area contributed by atoms with E-state index in [1.807, 2.05) is 12.1 Å². The molecule has 2 heterocycles. The van der Waals surface area contributed by atoms with Crippen molar-refractivity contribution in [3.8, 4) is 5.69 Å². The van der Waals surface area contributed by atoms with Crippen LogP contribution in [0.3, 0.4) is 0 Å². The van der Waals surface area contributed by atoms with E-state index in [4.69, 9.17) is 16.0 Å². The minimum atomic E-state index is -4.80. The fraction of sp³-hybridized carbons (Fsp3) is 0.143. The molecule has 1 N–H and O–H groups in total. The van der Waals surface area contributed by atoms with E-state index in [1.54, 1.807) is 25.1 Å². The van der Waals surface area contributed by atoms with E-state index < -0.39 is 29.4 Å². The predicted molar refractivity (Wildman–Crippen MR) is 106 cm³/mol. The summed E-state index contributed by atoms with van der Waals surface area (Å²) in [5, 5.41) is 7.55. The van der Waals surface area contributed by atoms with Crippen LogP contribution < -0.4 is 5.32 Å². The lowest BCUT2D eigenvalue weighted by molar-refractivity contribution is -0.143. The Hall–Kier alpha value is -3.26. The number of furan rings is 1. The van der Waals surface area contributed by atoms with Gasteiger partial charge < -0.3 is 9.73 Å². The summed E-state index contributed by atoms with van der Waals surface area (Å²) < 4.78 is 47.7. The molecule has 0 aliphatic rings. The highest BCUT2D eigenvalue weighted by Crippen LogP contribution is 2.34. The Morgan fingerprint density at radius 1 is 1.17 bits per heavy atom. The molecular formula is C21H15ClF3N3O2. The maximum absolute atomic E-state index is 13.8. The van der Waals surface area contributed by atoms with Gasteiger partial charge in [-0.05, 0) is 43.3 Å².